The van der Waals surface area contributed by atoms with E-state index in [2.05, 4.69) is 5.32 Å². The fraction of sp³-hybridized carbons (Fsp3) is 0.100. The van der Waals surface area contributed by atoms with Crippen LogP contribution in [0.1, 0.15) is 6.92 Å². The number of benzene rings is 1. The van der Waals surface area contributed by atoms with Gasteiger partial charge in [-0.1, -0.05) is 30.0 Å². The SMILES string of the molecule is C/C=C1\Sc2ccccc2NC1=O. The van der Waals surface area contributed by atoms with Gasteiger partial charge in [-0.25, -0.2) is 0 Å². The third-order valence-electron chi connectivity index (χ3n) is 1.84. The summed E-state index contributed by atoms with van der Waals surface area (Å²) in [5, 5.41) is 2.83. The number of para-hydroxylation sites is 1. The normalized spacial score (nSPS) is 18.2. The summed E-state index contributed by atoms with van der Waals surface area (Å²) in [6.45, 7) is 1.87. The van der Waals surface area contributed by atoms with Crippen LogP contribution in [0.25, 0.3) is 0 Å². The van der Waals surface area contributed by atoms with Crippen molar-refractivity contribution in [1.29, 1.82) is 0 Å². The molecular weight excluding hydrogens is 182 g/mol. The molecule has 1 aliphatic heterocycles. The van der Waals surface area contributed by atoms with Gasteiger partial charge in [-0.3, -0.25) is 4.79 Å². The zero-order valence-corrected chi connectivity index (χ0v) is 8.02. The fourth-order valence-electron chi connectivity index (χ4n) is 1.20. The Morgan fingerprint density at radius 3 is 2.92 bits per heavy atom. The van der Waals surface area contributed by atoms with E-state index < -0.39 is 0 Å². The lowest BCUT2D eigenvalue weighted by molar-refractivity contribution is -0.112. The molecule has 0 aliphatic carbocycles. The van der Waals surface area contributed by atoms with E-state index in [0.717, 1.165) is 15.5 Å². The number of fused-ring (bicyclic) bond motifs is 1. The molecule has 0 aromatic heterocycles. The standard InChI is InChI=1S/C10H9NOS/c1-2-8-10(12)11-7-5-3-4-6-9(7)13-8/h2-6H,1H3,(H,11,12)/b8-2-. The van der Waals surface area contributed by atoms with E-state index in [1.54, 1.807) is 0 Å². The lowest BCUT2D eigenvalue weighted by Gasteiger charge is -2.17. The van der Waals surface area contributed by atoms with Crippen LogP contribution in [0.5, 0.6) is 0 Å². The Kier molecular flexibility index (Phi) is 2.10. The second-order valence-electron chi connectivity index (χ2n) is 2.71. The Labute approximate surface area is 81.0 Å². The highest BCUT2D eigenvalue weighted by Crippen LogP contribution is 2.37. The summed E-state index contributed by atoms with van der Waals surface area (Å²) in [6, 6.07) is 7.80. The molecule has 66 valence electrons. The highest BCUT2D eigenvalue weighted by atomic mass is 32.2. The number of amides is 1. The summed E-state index contributed by atoms with van der Waals surface area (Å²) < 4.78 is 0. The van der Waals surface area contributed by atoms with Gasteiger partial charge in [0.1, 0.15) is 0 Å². The van der Waals surface area contributed by atoms with Crippen LogP contribution in [0.3, 0.4) is 0 Å². The van der Waals surface area contributed by atoms with Gasteiger partial charge in [-0.05, 0) is 19.1 Å². The van der Waals surface area contributed by atoms with E-state index in [-0.39, 0.29) is 5.91 Å². The van der Waals surface area contributed by atoms with E-state index in [1.165, 1.54) is 11.8 Å². The molecule has 1 heterocycles. The summed E-state index contributed by atoms with van der Waals surface area (Å²) in [7, 11) is 0. The number of rotatable bonds is 0. The van der Waals surface area contributed by atoms with Crippen LogP contribution in [0.4, 0.5) is 5.69 Å². The van der Waals surface area contributed by atoms with Gasteiger partial charge in [0.05, 0.1) is 10.6 Å². The highest BCUT2D eigenvalue weighted by molar-refractivity contribution is 8.04. The molecule has 0 spiro atoms. The molecule has 0 atom stereocenters. The minimum atomic E-state index is -0.00815. The number of carbonyl (C=O) groups is 1. The van der Waals surface area contributed by atoms with Crippen LogP contribution < -0.4 is 5.32 Å². The summed E-state index contributed by atoms with van der Waals surface area (Å²) in [5.41, 5.74) is 0.906. The number of hydrogen-bond acceptors (Lipinski definition) is 2. The van der Waals surface area contributed by atoms with Crippen molar-refractivity contribution in [2.24, 2.45) is 0 Å². The maximum absolute atomic E-state index is 11.4. The number of anilines is 1. The third kappa shape index (κ3) is 1.47. The van der Waals surface area contributed by atoms with Crippen molar-refractivity contribution in [3.05, 3.63) is 35.2 Å². The van der Waals surface area contributed by atoms with Crippen molar-refractivity contribution < 1.29 is 4.79 Å². The minimum absolute atomic E-state index is 0.00815. The summed E-state index contributed by atoms with van der Waals surface area (Å²) in [6.07, 6.45) is 1.83. The molecule has 0 saturated carbocycles. The molecule has 0 radical (unpaired) electrons. The molecule has 1 aromatic rings. The Balaban J connectivity index is 2.44. The number of allylic oxidation sites excluding steroid dienone is 1. The molecule has 1 N–H and O–H groups in total. The van der Waals surface area contributed by atoms with Gasteiger partial charge in [0.2, 0.25) is 0 Å². The van der Waals surface area contributed by atoms with Crippen molar-refractivity contribution in [2.45, 2.75) is 11.8 Å². The largest absolute Gasteiger partial charge is 0.320 e. The first-order valence-electron chi connectivity index (χ1n) is 4.06. The number of nitrogens with one attached hydrogen (secondary N) is 1. The van der Waals surface area contributed by atoms with Crippen LogP contribution >= 0.6 is 11.8 Å². The van der Waals surface area contributed by atoms with Crippen LogP contribution in [0.15, 0.2) is 40.1 Å². The topological polar surface area (TPSA) is 29.1 Å². The lowest BCUT2D eigenvalue weighted by atomic mass is 10.3. The first-order valence-corrected chi connectivity index (χ1v) is 4.87. The maximum Gasteiger partial charge on any atom is 0.262 e. The molecule has 2 nitrogen and oxygen atoms in total. The average molecular weight is 191 g/mol. The predicted molar refractivity (Wildman–Crippen MR) is 54.7 cm³/mol. The van der Waals surface area contributed by atoms with Crippen LogP contribution in [0.2, 0.25) is 0 Å². The summed E-state index contributed by atoms with van der Waals surface area (Å²) in [4.78, 5) is 13.3. The molecule has 0 saturated heterocycles. The maximum atomic E-state index is 11.4. The van der Waals surface area contributed by atoms with Gasteiger partial charge in [-0.2, -0.15) is 0 Å². The number of hydrogen-bond donors (Lipinski definition) is 1. The molecule has 2 rings (SSSR count). The molecule has 1 aromatic carbocycles. The Morgan fingerprint density at radius 1 is 1.38 bits per heavy atom. The lowest BCUT2D eigenvalue weighted by Crippen LogP contribution is -2.16. The van der Waals surface area contributed by atoms with Crippen molar-refractivity contribution >= 4 is 23.4 Å². The minimum Gasteiger partial charge on any atom is -0.320 e. The van der Waals surface area contributed by atoms with E-state index in [1.807, 2.05) is 37.3 Å². The molecule has 1 amide bonds. The van der Waals surface area contributed by atoms with Crippen LogP contribution in [0, 0.1) is 0 Å². The molecule has 0 unspecified atom stereocenters. The molecule has 0 fully saturated rings. The second-order valence-corrected chi connectivity index (χ2v) is 3.79. The summed E-state index contributed by atoms with van der Waals surface area (Å²) in [5.74, 6) is -0.00815. The van der Waals surface area contributed by atoms with Crippen molar-refractivity contribution in [3.8, 4) is 0 Å². The van der Waals surface area contributed by atoms with Gasteiger partial charge in [0.15, 0.2) is 0 Å². The Morgan fingerprint density at radius 2 is 2.15 bits per heavy atom. The van der Waals surface area contributed by atoms with Crippen LogP contribution in [-0.2, 0) is 4.79 Å². The van der Waals surface area contributed by atoms with Crippen molar-refractivity contribution in [3.63, 3.8) is 0 Å². The number of thioether (sulfide) groups is 1. The highest BCUT2D eigenvalue weighted by Gasteiger charge is 2.18. The quantitative estimate of drug-likeness (QED) is 0.639. The predicted octanol–water partition coefficient (Wildman–Crippen LogP) is 2.63. The monoisotopic (exact) mass is 191 g/mol. The van der Waals surface area contributed by atoms with Crippen molar-refractivity contribution in [2.75, 3.05) is 5.32 Å². The Hall–Kier alpha value is -1.22. The molecule has 1 aliphatic rings. The third-order valence-corrected chi connectivity index (χ3v) is 3.06. The van der Waals surface area contributed by atoms with Gasteiger partial charge < -0.3 is 5.32 Å². The fourth-order valence-corrected chi connectivity index (χ4v) is 2.07. The number of carbonyl (C=O) groups excluding carboxylic acids is 1. The molecule has 13 heavy (non-hydrogen) atoms. The van der Waals surface area contributed by atoms with E-state index in [0.29, 0.717) is 0 Å². The molecular formula is C10H9NOS. The van der Waals surface area contributed by atoms with Gasteiger partial charge in [0.25, 0.3) is 5.91 Å². The molecule has 3 heteroatoms. The average Bonchev–Trinajstić information content (AvgIpc) is 2.17. The van der Waals surface area contributed by atoms with Gasteiger partial charge in [-0.15, -0.1) is 0 Å². The summed E-state index contributed by atoms with van der Waals surface area (Å²) >= 11 is 1.51. The first kappa shape index (κ1) is 8.38. The van der Waals surface area contributed by atoms with Crippen molar-refractivity contribution in [1.82, 2.24) is 0 Å². The van der Waals surface area contributed by atoms with Crippen LogP contribution in [-0.4, -0.2) is 5.91 Å². The smallest absolute Gasteiger partial charge is 0.262 e. The molecule has 0 bridgehead atoms. The van der Waals surface area contributed by atoms with E-state index >= 15 is 0 Å². The Bertz CT molecular complexity index is 384. The zero-order chi connectivity index (χ0) is 9.26. The van der Waals surface area contributed by atoms with E-state index in [9.17, 15) is 4.79 Å². The second kappa shape index (κ2) is 3.26. The zero-order valence-electron chi connectivity index (χ0n) is 7.20. The first-order chi connectivity index (χ1) is 6.31. The van der Waals surface area contributed by atoms with Gasteiger partial charge >= 0.3 is 0 Å². The van der Waals surface area contributed by atoms with E-state index in [4.69, 9.17) is 0 Å². The van der Waals surface area contributed by atoms with Gasteiger partial charge in [0, 0.05) is 4.90 Å².